The minimum absolute atomic E-state index is 0.138. The topological polar surface area (TPSA) is 84.2 Å². The van der Waals surface area contributed by atoms with Crippen molar-refractivity contribution in [3.05, 3.63) is 34.3 Å². The molecule has 1 saturated heterocycles. The van der Waals surface area contributed by atoms with E-state index in [1.165, 1.54) is 0 Å². The number of carbonyl (C=O) groups is 2. The van der Waals surface area contributed by atoms with Crippen LogP contribution in [0.25, 0.3) is 0 Å². The maximum Gasteiger partial charge on any atom is 0.416 e. The van der Waals surface area contributed by atoms with Crippen LogP contribution in [-0.4, -0.2) is 30.9 Å². The van der Waals surface area contributed by atoms with E-state index in [1.54, 1.807) is 0 Å². The van der Waals surface area contributed by atoms with Crippen molar-refractivity contribution < 1.29 is 22.8 Å². The number of halogens is 4. The Balaban J connectivity index is 2.23. The second-order valence-corrected chi connectivity index (χ2v) is 5.37. The lowest BCUT2D eigenvalue weighted by Gasteiger charge is -2.33. The van der Waals surface area contributed by atoms with Crippen molar-refractivity contribution >= 4 is 23.4 Å². The van der Waals surface area contributed by atoms with Crippen molar-refractivity contribution in [1.82, 2.24) is 10.6 Å². The van der Waals surface area contributed by atoms with Crippen molar-refractivity contribution in [2.75, 3.05) is 13.1 Å². The minimum atomic E-state index is -4.60. The van der Waals surface area contributed by atoms with Crippen LogP contribution >= 0.6 is 11.6 Å². The van der Waals surface area contributed by atoms with Crippen molar-refractivity contribution in [1.29, 1.82) is 0 Å². The van der Waals surface area contributed by atoms with Crippen LogP contribution in [0, 0.1) is 5.92 Å². The Morgan fingerprint density at radius 2 is 2.00 bits per heavy atom. The zero-order valence-electron chi connectivity index (χ0n) is 11.2. The Hall–Kier alpha value is -1.80. The summed E-state index contributed by atoms with van der Waals surface area (Å²) in [7, 11) is 0. The predicted molar refractivity (Wildman–Crippen MR) is 73.3 cm³/mol. The second-order valence-electron chi connectivity index (χ2n) is 4.96. The highest BCUT2D eigenvalue weighted by atomic mass is 35.5. The van der Waals surface area contributed by atoms with Gasteiger partial charge in [0.15, 0.2) is 0 Å². The monoisotopic (exact) mass is 335 g/mol. The summed E-state index contributed by atoms with van der Waals surface area (Å²) in [6.45, 7) is 0.981. The van der Waals surface area contributed by atoms with Gasteiger partial charge in [-0.15, -0.1) is 0 Å². The molecule has 1 unspecified atom stereocenters. The number of nitrogens with two attached hydrogens (primary N) is 1. The van der Waals surface area contributed by atoms with E-state index in [0.717, 1.165) is 12.1 Å². The van der Waals surface area contributed by atoms with Gasteiger partial charge in [-0.05, 0) is 18.2 Å². The van der Waals surface area contributed by atoms with E-state index < -0.39 is 29.6 Å². The third-order valence-electron chi connectivity index (χ3n) is 3.42. The van der Waals surface area contributed by atoms with Crippen molar-refractivity contribution in [2.45, 2.75) is 12.2 Å². The Kier molecular flexibility index (Phi) is 4.62. The average Bonchev–Trinajstić information content (AvgIpc) is 2.34. The van der Waals surface area contributed by atoms with Crippen LogP contribution in [0.5, 0.6) is 0 Å². The van der Waals surface area contributed by atoms with Gasteiger partial charge in [-0.2, -0.15) is 13.2 Å². The first-order valence-corrected chi connectivity index (χ1v) is 6.75. The molecule has 1 aliphatic heterocycles. The lowest BCUT2D eigenvalue weighted by Crippen LogP contribution is -2.59. The van der Waals surface area contributed by atoms with Crippen LogP contribution in [0.15, 0.2) is 18.2 Å². The van der Waals surface area contributed by atoms with Gasteiger partial charge < -0.3 is 16.4 Å². The van der Waals surface area contributed by atoms with Crippen LogP contribution in [-0.2, 0) is 11.0 Å². The number of primary amides is 1. The van der Waals surface area contributed by atoms with Gasteiger partial charge in [0.2, 0.25) is 5.91 Å². The largest absolute Gasteiger partial charge is 0.416 e. The molecule has 0 spiro atoms. The Labute approximate surface area is 129 Å². The molecule has 9 heteroatoms. The zero-order valence-corrected chi connectivity index (χ0v) is 12.0. The number of amides is 2. The first-order valence-electron chi connectivity index (χ1n) is 6.38. The number of benzene rings is 1. The quantitative estimate of drug-likeness (QED) is 0.772. The molecule has 0 radical (unpaired) electrons. The Morgan fingerprint density at radius 1 is 1.36 bits per heavy atom. The third kappa shape index (κ3) is 3.50. The lowest BCUT2D eigenvalue weighted by atomic mass is 9.93. The van der Waals surface area contributed by atoms with Crippen LogP contribution in [0.4, 0.5) is 13.2 Å². The second kappa shape index (κ2) is 6.13. The Bertz CT molecular complexity index is 603. The molecule has 0 saturated carbocycles. The van der Waals surface area contributed by atoms with Gasteiger partial charge in [-0.3, -0.25) is 9.59 Å². The molecule has 1 aromatic carbocycles. The number of hydrogen-bond acceptors (Lipinski definition) is 3. The van der Waals surface area contributed by atoms with Crippen molar-refractivity contribution in [3.8, 4) is 0 Å². The summed E-state index contributed by atoms with van der Waals surface area (Å²) in [5.41, 5.74) is 3.87. The van der Waals surface area contributed by atoms with Gasteiger partial charge in [0.25, 0.3) is 5.91 Å². The number of carbonyl (C=O) groups excluding carboxylic acids is 2. The Morgan fingerprint density at radius 3 is 2.45 bits per heavy atom. The molecule has 2 rings (SSSR count). The first-order chi connectivity index (χ1) is 10.2. The van der Waals surface area contributed by atoms with Crippen molar-refractivity contribution in [3.63, 3.8) is 0 Å². The van der Waals surface area contributed by atoms with Gasteiger partial charge in [0, 0.05) is 19.0 Å². The molecule has 1 atom stereocenters. The van der Waals surface area contributed by atoms with Crippen LogP contribution in [0.2, 0.25) is 5.02 Å². The number of alkyl halides is 3. The SMILES string of the molecule is NC(=O)C(NC(=O)c1cc(C(F)(F)F)ccc1Cl)C1CNC1. The normalized spacial score (nSPS) is 16.7. The number of nitrogens with one attached hydrogen (secondary N) is 2. The first kappa shape index (κ1) is 16.6. The fourth-order valence-corrected chi connectivity index (χ4v) is 2.27. The molecule has 2 amide bonds. The maximum atomic E-state index is 12.7. The summed E-state index contributed by atoms with van der Waals surface area (Å²) in [5.74, 6) is -1.80. The summed E-state index contributed by atoms with van der Waals surface area (Å²) in [5, 5.41) is 5.13. The summed E-state index contributed by atoms with van der Waals surface area (Å²) in [4.78, 5) is 23.5. The summed E-state index contributed by atoms with van der Waals surface area (Å²) >= 11 is 5.77. The lowest BCUT2D eigenvalue weighted by molar-refractivity contribution is -0.137. The number of hydrogen-bond donors (Lipinski definition) is 3. The zero-order chi connectivity index (χ0) is 16.5. The molecular formula is C13H13ClF3N3O2. The van der Waals surface area contributed by atoms with Gasteiger partial charge in [-0.1, -0.05) is 11.6 Å². The van der Waals surface area contributed by atoms with E-state index in [1.807, 2.05) is 0 Å². The highest BCUT2D eigenvalue weighted by molar-refractivity contribution is 6.33. The van der Waals surface area contributed by atoms with E-state index in [0.29, 0.717) is 19.2 Å². The molecule has 4 N–H and O–H groups in total. The van der Waals surface area contributed by atoms with E-state index in [4.69, 9.17) is 17.3 Å². The van der Waals surface area contributed by atoms with E-state index in [2.05, 4.69) is 10.6 Å². The molecule has 1 aromatic rings. The molecule has 1 fully saturated rings. The molecule has 0 aromatic heterocycles. The number of rotatable bonds is 4. The molecular weight excluding hydrogens is 323 g/mol. The predicted octanol–water partition coefficient (Wildman–Crippen LogP) is 1.16. The van der Waals surface area contributed by atoms with Gasteiger partial charge in [0.05, 0.1) is 16.1 Å². The molecule has 1 heterocycles. The fraction of sp³-hybridized carbons (Fsp3) is 0.385. The average molecular weight is 336 g/mol. The smallest absolute Gasteiger partial charge is 0.368 e. The summed E-state index contributed by atoms with van der Waals surface area (Å²) in [6.07, 6.45) is -4.60. The maximum absolute atomic E-state index is 12.7. The minimum Gasteiger partial charge on any atom is -0.368 e. The van der Waals surface area contributed by atoms with Crippen LogP contribution in [0.3, 0.4) is 0 Å². The van der Waals surface area contributed by atoms with Gasteiger partial charge in [0.1, 0.15) is 6.04 Å². The molecule has 0 bridgehead atoms. The van der Waals surface area contributed by atoms with Gasteiger partial charge in [-0.25, -0.2) is 0 Å². The van der Waals surface area contributed by atoms with E-state index in [9.17, 15) is 22.8 Å². The molecule has 5 nitrogen and oxygen atoms in total. The highest BCUT2D eigenvalue weighted by Crippen LogP contribution is 2.31. The van der Waals surface area contributed by atoms with Crippen LogP contribution in [0.1, 0.15) is 15.9 Å². The van der Waals surface area contributed by atoms with Gasteiger partial charge >= 0.3 is 6.18 Å². The fourth-order valence-electron chi connectivity index (χ4n) is 2.06. The summed E-state index contributed by atoms with van der Waals surface area (Å²) < 4.78 is 38.1. The molecule has 120 valence electrons. The molecule has 22 heavy (non-hydrogen) atoms. The molecule has 1 aliphatic rings. The van der Waals surface area contributed by atoms with Crippen molar-refractivity contribution in [2.24, 2.45) is 11.7 Å². The van der Waals surface area contributed by atoms with E-state index in [-0.39, 0.29) is 16.5 Å². The standard InChI is InChI=1S/C13H13ClF3N3O2/c14-9-2-1-7(13(15,16)17)3-8(9)12(22)20-10(11(18)21)6-4-19-5-6/h1-3,6,10,19H,4-5H2,(H2,18,21)(H,20,22). The third-order valence-corrected chi connectivity index (χ3v) is 3.75. The van der Waals surface area contributed by atoms with Crippen LogP contribution < -0.4 is 16.4 Å². The highest BCUT2D eigenvalue weighted by Gasteiger charge is 2.34. The van der Waals surface area contributed by atoms with E-state index >= 15 is 0 Å². The molecule has 0 aliphatic carbocycles. The summed E-state index contributed by atoms with van der Waals surface area (Å²) in [6, 6.07) is 1.46.